The maximum absolute atomic E-state index is 11.6. The van der Waals surface area contributed by atoms with Gasteiger partial charge in [0.25, 0.3) is 11.6 Å². The fourth-order valence-electron chi connectivity index (χ4n) is 1.47. The van der Waals surface area contributed by atoms with E-state index < -0.39 is 10.8 Å². The minimum atomic E-state index is -0.591. The van der Waals surface area contributed by atoms with Gasteiger partial charge in [0.05, 0.1) is 11.1 Å². The molecule has 0 unspecified atom stereocenters. The van der Waals surface area contributed by atoms with E-state index in [1.807, 2.05) is 0 Å². The number of aromatic nitrogens is 1. The number of hydrogen-bond acceptors (Lipinski definition) is 5. The molecule has 21 heavy (non-hydrogen) atoms. The highest BCUT2D eigenvalue weighted by Gasteiger charge is 2.11. The zero-order valence-electron chi connectivity index (χ0n) is 10.6. The number of benzene rings is 1. The van der Waals surface area contributed by atoms with E-state index in [-0.39, 0.29) is 16.4 Å². The van der Waals surface area contributed by atoms with Gasteiger partial charge in [-0.1, -0.05) is 23.7 Å². The van der Waals surface area contributed by atoms with Crippen LogP contribution in [0.15, 0.2) is 47.7 Å². The first-order valence-corrected chi connectivity index (χ1v) is 6.14. The molecule has 0 fully saturated rings. The van der Waals surface area contributed by atoms with Crippen LogP contribution in [-0.4, -0.2) is 22.0 Å². The Morgan fingerprint density at radius 2 is 2.19 bits per heavy atom. The molecule has 0 saturated heterocycles. The average Bonchev–Trinajstić information content (AvgIpc) is 2.49. The van der Waals surface area contributed by atoms with Crippen molar-refractivity contribution in [3.63, 3.8) is 0 Å². The molecule has 0 radical (unpaired) electrons. The van der Waals surface area contributed by atoms with Crippen LogP contribution in [0.5, 0.6) is 0 Å². The van der Waals surface area contributed by atoms with E-state index >= 15 is 0 Å². The summed E-state index contributed by atoms with van der Waals surface area (Å²) in [5.41, 5.74) is 2.71. The molecule has 1 heterocycles. The van der Waals surface area contributed by atoms with Gasteiger partial charge < -0.3 is 0 Å². The van der Waals surface area contributed by atoms with Gasteiger partial charge in [-0.25, -0.2) is 5.43 Å². The van der Waals surface area contributed by atoms with Gasteiger partial charge in [-0.2, -0.15) is 5.10 Å². The molecule has 0 atom stereocenters. The number of halogens is 1. The van der Waals surface area contributed by atoms with Crippen molar-refractivity contribution < 1.29 is 9.72 Å². The maximum atomic E-state index is 11.6. The lowest BCUT2D eigenvalue weighted by Crippen LogP contribution is -2.18. The van der Waals surface area contributed by atoms with Crippen molar-refractivity contribution >= 4 is 29.4 Å². The number of hydrogen-bond donors (Lipinski definition) is 1. The quantitative estimate of drug-likeness (QED) is 0.533. The first-order valence-electron chi connectivity index (χ1n) is 5.76. The molecule has 7 nitrogen and oxygen atoms in total. The topological polar surface area (TPSA) is 97.5 Å². The predicted molar refractivity (Wildman–Crippen MR) is 77.4 cm³/mol. The first-order chi connectivity index (χ1) is 10.1. The summed E-state index contributed by atoms with van der Waals surface area (Å²) in [6.45, 7) is 0. The molecule has 1 aromatic carbocycles. The van der Waals surface area contributed by atoms with E-state index in [1.54, 1.807) is 18.2 Å². The van der Waals surface area contributed by atoms with Crippen LogP contribution in [0.3, 0.4) is 0 Å². The number of amides is 1. The number of pyridine rings is 1. The molecule has 1 N–H and O–H groups in total. The lowest BCUT2D eigenvalue weighted by atomic mass is 10.2. The third kappa shape index (κ3) is 3.83. The Kier molecular flexibility index (Phi) is 4.57. The number of nitrogens with one attached hydrogen (secondary N) is 1. The van der Waals surface area contributed by atoms with Crippen LogP contribution in [0.4, 0.5) is 5.69 Å². The van der Waals surface area contributed by atoms with E-state index in [2.05, 4.69) is 15.5 Å². The molecule has 0 saturated carbocycles. The Labute approximate surface area is 124 Å². The minimum Gasteiger partial charge on any atom is -0.266 e. The molecule has 0 aliphatic rings. The van der Waals surface area contributed by atoms with Crippen molar-refractivity contribution in [2.24, 2.45) is 5.10 Å². The zero-order valence-corrected chi connectivity index (χ0v) is 11.3. The van der Waals surface area contributed by atoms with Gasteiger partial charge in [0.2, 0.25) is 0 Å². The van der Waals surface area contributed by atoms with Crippen LogP contribution in [-0.2, 0) is 0 Å². The molecule has 8 heteroatoms. The van der Waals surface area contributed by atoms with Crippen molar-refractivity contribution in [2.45, 2.75) is 0 Å². The summed E-state index contributed by atoms with van der Waals surface area (Å²) in [6.07, 6.45) is 2.77. The van der Waals surface area contributed by atoms with E-state index in [1.165, 1.54) is 30.6 Å². The Morgan fingerprint density at radius 1 is 1.38 bits per heavy atom. The molecule has 2 rings (SSSR count). The molecular formula is C13H9ClN4O3. The van der Waals surface area contributed by atoms with E-state index in [0.717, 1.165) is 0 Å². The van der Waals surface area contributed by atoms with Crippen LogP contribution < -0.4 is 5.43 Å². The average molecular weight is 305 g/mol. The zero-order chi connectivity index (χ0) is 15.2. The van der Waals surface area contributed by atoms with E-state index in [0.29, 0.717) is 5.56 Å². The fourth-order valence-corrected chi connectivity index (χ4v) is 1.66. The molecule has 0 aliphatic carbocycles. The number of nitro benzene ring substituents is 1. The molecule has 0 aliphatic heterocycles. The fraction of sp³-hybridized carbons (Fsp3) is 0. The number of carbonyl (C=O) groups is 1. The molecular weight excluding hydrogens is 296 g/mol. The number of carbonyl (C=O) groups excluding carboxylic acids is 1. The summed E-state index contributed by atoms with van der Waals surface area (Å²) in [5.74, 6) is -0.477. The van der Waals surface area contributed by atoms with Gasteiger partial charge in [-0.05, 0) is 18.2 Å². The van der Waals surface area contributed by atoms with Crippen LogP contribution in [0.2, 0.25) is 5.02 Å². The smallest absolute Gasteiger partial charge is 0.266 e. The summed E-state index contributed by atoms with van der Waals surface area (Å²) < 4.78 is 0. The summed E-state index contributed by atoms with van der Waals surface area (Å²) >= 11 is 5.69. The second-order valence-corrected chi connectivity index (χ2v) is 4.29. The van der Waals surface area contributed by atoms with Crippen molar-refractivity contribution in [2.75, 3.05) is 0 Å². The van der Waals surface area contributed by atoms with Crippen LogP contribution in [0, 0.1) is 10.1 Å². The molecule has 106 valence electrons. The van der Waals surface area contributed by atoms with Crippen molar-refractivity contribution in [1.29, 1.82) is 0 Å². The molecule has 2 aromatic rings. The summed E-state index contributed by atoms with van der Waals surface area (Å²) in [6, 6.07) is 9.10. The molecule has 0 spiro atoms. The first kappa shape index (κ1) is 14.6. The molecule has 0 bridgehead atoms. The SMILES string of the molecule is O=C(N/N=C/c1ccc(Cl)c([N+](=O)[O-])c1)c1ccccn1. The van der Waals surface area contributed by atoms with Gasteiger partial charge in [-0.15, -0.1) is 0 Å². The van der Waals surface area contributed by atoms with Crippen LogP contribution in [0.1, 0.15) is 16.1 Å². The monoisotopic (exact) mass is 304 g/mol. The Hall–Kier alpha value is -2.80. The second kappa shape index (κ2) is 6.58. The van der Waals surface area contributed by atoms with Gasteiger partial charge in [0.15, 0.2) is 0 Å². The lowest BCUT2D eigenvalue weighted by Gasteiger charge is -1.99. The Bertz CT molecular complexity index is 704. The highest BCUT2D eigenvalue weighted by atomic mass is 35.5. The van der Waals surface area contributed by atoms with Crippen LogP contribution in [0.25, 0.3) is 0 Å². The predicted octanol–water partition coefficient (Wildman–Crippen LogP) is 2.41. The normalized spacial score (nSPS) is 10.5. The number of hydrazone groups is 1. The Balaban J connectivity index is 2.07. The third-order valence-corrected chi connectivity index (χ3v) is 2.76. The van der Waals surface area contributed by atoms with E-state index in [4.69, 9.17) is 11.6 Å². The largest absolute Gasteiger partial charge is 0.289 e. The molecule has 1 aromatic heterocycles. The van der Waals surface area contributed by atoms with Gasteiger partial charge >= 0.3 is 0 Å². The highest BCUT2D eigenvalue weighted by Crippen LogP contribution is 2.24. The molecule has 1 amide bonds. The summed E-state index contributed by atoms with van der Waals surface area (Å²) in [7, 11) is 0. The number of nitrogens with zero attached hydrogens (tertiary/aromatic N) is 3. The third-order valence-electron chi connectivity index (χ3n) is 2.44. The van der Waals surface area contributed by atoms with Gasteiger partial charge in [0.1, 0.15) is 10.7 Å². The summed E-state index contributed by atoms with van der Waals surface area (Å²) in [5, 5.41) is 14.5. The van der Waals surface area contributed by atoms with Gasteiger partial charge in [0, 0.05) is 17.8 Å². The minimum absolute atomic E-state index is 0.0367. The maximum Gasteiger partial charge on any atom is 0.289 e. The van der Waals surface area contributed by atoms with Crippen molar-refractivity contribution in [3.8, 4) is 0 Å². The lowest BCUT2D eigenvalue weighted by molar-refractivity contribution is -0.384. The van der Waals surface area contributed by atoms with Crippen LogP contribution >= 0.6 is 11.6 Å². The highest BCUT2D eigenvalue weighted by molar-refractivity contribution is 6.32. The summed E-state index contributed by atoms with van der Waals surface area (Å²) in [4.78, 5) is 25.7. The van der Waals surface area contributed by atoms with E-state index in [9.17, 15) is 14.9 Å². The van der Waals surface area contributed by atoms with Crippen molar-refractivity contribution in [1.82, 2.24) is 10.4 Å². The Morgan fingerprint density at radius 3 is 2.86 bits per heavy atom. The second-order valence-electron chi connectivity index (χ2n) is 3.88. The number of rotatable bonds is 4. The standard InChI is InChI=1S/C13H9ClN4O3/c14-10-5-4-9(7-12(10)18(20)21)8-16-17-13(19)11-3-1-2-6-15-11/h1-8H,(H,17,19)/b16-8+. The van der Waals surface area contributed by atoms with Gasteiger partial charge in [-0.3, -0.25) is 19.9 Å². The van der Waals surface area contributed by atoms with Crippen molar-refractivity contribution in [3.05, 3.63) is 69.0 Å². The number of nitro groups is 1.